The van der Waals surface area contributed by atoms with Crippen molar-refractivity contribution >= 4 is 0 Å². The summed E-state index contributed by atoms with van der Waals surface area (Å²) in [6.07, 6.45) is 7.74. The van der Waals surface area contributed by atoms with Crippen LogP contribution in [0.1, 0.15) is 45.6 Å². The van der Waals surface area contributed by atoms with Gasteiger partial charge >= 0.3 is 0 Å². The van der Waals surface area contributed by atoms with E-state index in [-0.39, 0.29) is 5.54 Å². The molecule has 1 N–H and O–H groups in total. The molecule has 2 heterocycles. The molecule has 0 radical (unpaired) electrons. The Kier molecular flexibility index (Phi) is 6.21. The molecule has 1 aromatic heterocycles. The number of aromatic nitrogens is 2. The molecule has 0 aliphatic carbocycles. The molecule has 1 unspecified atom stereocenters. The smallest absolute Gasteiger partial charge is 0.0809 e. The van der Waals surface area contributed by atoms with E-state index in [9.17, 15) is 0 Å². The molecule has 21 heavy (non-hydrogen) atoms. The largest absolute Gasteiger partial charge is 0.379 e. The molecule has 0 saturated carbocycles. The Labute approximate surface area is 128 Å². The molecule has 0 bridgehead atoms. The van der Waals surface area contributed by atoms with E-state index in [1.807, 2.05) is 10.9 Å². The zero-order valence-electron chi connectivity index (χ0n) is 13.6. The fourth-order valence-electron chi connectivity index (χ4n) is 2.34. The van der Waals surface area contributed by atoms with Crippen LogP contribution in [0.2, 0.25) is 0 Å². The van der Waals surface area contributed by atoms with Crippen molar-refractivity contribution in [1.29, 1.82) is 0 Å². The van der Waals surface area contributed by atoms with Crippen molar-refractivity contribution in [1.82, 2.24) is 15.1 Å². The number of ether oxygens (including phenoxy) is 2. The van der Waals surface area contributed by atoms with Gasteiger partial charge in [-0.2, -0.15) is 5.10 Å². The maximum Gasteiger partial charge on any atom is 0.0809 e. The van der Waals surface area contributed by atoms with Crippen LogP contribution >= 0.6 is 0 Å². The fourth-order valence-corrected chi connectivity index (χ4v) is 2.34. The first-order valence-corrected chi connectivity index (χ1v) is 8.00. The molecule has 1 aliphatic heterocycles. The summed E-state index contributed by atoms with van der Waals surface area (Å²) in [7, 11) is 0. The summed E-state index contributed by atoms with van der Waals surface area (Å²) < 4.78 is 13.2. The molecule has 1 saturated heterocycles. The SMILES string of the molecule is CC(C)(C)n1cc(CNCCCOCC2CCCO2)cn1. The highest BCUT2D eigenvalue weighted by Crippen LogP contribution is 2.13. The van der Waals surface area contributed by atoms with Gasteiger partial charge in [0.1, 0.15) is 0 Å². The number of rotatable bonds is 8. The lowest BCUT2D eigenvalue weighted by Crippen LogP contribution is -2.22. The molecule has 0 amide bonds. The molecule has 120 valence electrons. The van der Waals surface area contributed by atoms with Gasteiger partial charge in [0.2, 0.25) is 0 Å². The second-order valence-corrected chi connectivity index (χ2v) is 6.70. The Morgan fingerprint density at radius 3 is 3.00 bits per heavy atom. The zero-order chi connectivity index (χ0) is 15.1. The van der Waals surface area contributed by atoms with Crippen molar-refractivity contribution in [3.8, 4) is 0 Å². The summed E-state index contributed by atoms with van der Waals surface area (Å²) in [5.74, 6) is 0. The molecule has 1 fully saturated rings. The highest BCUT2D eigenvalue weighted by atomic mass is 16.5. The first kappa shape index (κ1) is 16.5. The average Bonchev–Trinajstić information content (AvgIpc) is 3.07. The van der Waals surface area contributed by atoms with Crippen molar-refractivity contribution < 1.29 is 9.47 Å². The number of hydrogen-bond donors (Lipinski definition) is 1. The third-order valence-electron chi connectivity index (χ3n) is 3.62. The van der Waals surface area contributed by atoms with Gasteiger partial charge in [-0.25, -0.2) is 0 Å². The minimum absolute atomic E-state index is 0.0500. The lowest BCUT2D eigenvalue weighted by molar-refractivity contribution is 0.0166. The maximum absolute atomic E-state index is 5.64. The molecule has 5 heteroatoms. The van der Waals surface area contributed by atoms with E-state index in [1.54, 1.807) is 0 Å². The summed E-state index contributed by atoms with van der Waals surface area (Å²) in [5.41, 5.74) is 1.28. The predicted molar refractivity (Wildman–Crippen MR) is 83.3 cm³/mol. The van der Waals surface area contributed by atoms with Crippen LogP contribution in [0.25, 0.3) is 0 Å². The number of nitrogens with zero attached hydrogens (tertiary/aromatic N) is 2. The quantitative estimate of drug-likeness (QED) is 0.748. The highest BCUT2D eigenvalue weighted by Gasteiger charge is 2.15. The lowest BCUT2D eigenvalue weighted by atomic mass is 10.1. The van der Waals surface area contributed by atoms with Crippen molar-refractivity contribution in [3.05, 3.63) is 18.0 Å². The third-order valence-corrected chi connectivity index (χ3v) is 3.62. The van der Waals surface area contributed by atoms with Crippen LogP contribution in [0.4, 0.5) is 0 Å². The average molecular weight is 295 g/mol. The maximum atomic E-state index is 5.64. The number of hydrogen-bond acceptors (Lipinski definition) is 4. The Hall–Kier alpha value is -0.910. The summed E-state index contributed by atoms with van der Waals surface area (Å²) in [4.78, 5) is 0. The van der Waals surface area contributed by atoms with Gasteiger partial charge in [0.25, 0.3) is 0 Å². The molecule has 1 aromatic rings. The standard InChI is InChI=1S/C16H29N3O2/c1-16(2,3)19-12-14(11-18-19)10-17-7-5-8-20-13-15-6-4-9-21-15/h11-12,15,17H,4-10,13H2,1-3H3. The van der Waals surface area contributed by atoms with Crippen LogP contribution in [0.3, 0.4) is 0 Å². The Bertz CT molecular complexity index is 406. The van der Waals surface area contributed by atoms with Crippen molar-refractivity contribution in [2.75, 3.05) is 26.4 Å². The van der Waals surface area contributed by atoms with Crippen LogP contribution in [0.5, 0.6) is 0 Å². The fraction of sp³-hybridized carbons (Fsp3) is 0.812. The predicted octanol–water partition coefficient (Wildman–Crippen LogP) is 2.31. The van der Waals surface area contributed by atoms with E-state index in [4.69, 9.17) is 9.47 Å². The van der Waals surface area contributed by atoms with Gasteiger partial charge in [0, 0.05) is 31.5 Å². The van der Waals surface area contributed by atoms with Crippen molar-refractivity contribution in [2.24, 2.45) is 0 Å². The third kappa shape index (κ3) is 5.77. The Morgan fingerprint density at radius 1 is 1.48 bits per heavy atom. The van der Waals surface area contributed by atoms with Crippen LogP contribution < -0.4 is 5.32 Å². The van der Waals surface area contributed by atoms with Gasteiger partial charge in [-0.15, -0.1) is 0 Å². The minimum Gasteiger partial charge on any atom is -0.379 e. The Balaban J connectivity index is 1.50. The first-order chi connectivity index (χ1) is 10.1. The molecule has 2 rings (SSSR count). The lowest BCUT2D eigenvalue weighted by Gasteiger charge is -2.18. The van der Waals surface area contributed by atoms with Gasteiger partial charge in [-0.1, -0.05) is 0 Å². The van der Waals surface area contributed by atoms with Crippen molar-refractivity contribution in [3.63, 3.8) is 0 Å². The molecule has 5 nitrogen and oxygen atoms in total. The molecular weight excluding hydrogens is 266 g/mol. The second kappa shape index (κ2) is 7.92. The van der Waals surface area contributed by atoms with Crippen LogP contribution in [0.15, 0.2) is 12.4 Å². The molecular formula is C16H29N3O2. The van der Waals surface area contributed by atoms with Gasteiger partial charge in [0.05, 0.1) is 24.4 Å². The second-order valence-electron chi connectivity index (χ2n) is 6.70. The summed E-state index contributed by atoms with van der Waals surface area (Å²) in [6.45, 7) is 10.7. The summed E-state index contributed by atoms with van der Waals surface area (Å²) >= 11 is 0. The first-order valence-electron chi connectivity index (χ1n) is 8.00. The van der Waals surface area contributed by atoms with Gasteiger partial charge in [0.15, 0.2) is 0 Å². The normalized spacial score (nSPS) is 19.3. The summed E-state index contributed by atoms with van der Waals surface area (Å²) in [6, 6.07) is 0. The zero-order valence-corrected chi connectivity index (χ0v) is 13.6. The van der Waals surface area contributed by atoms with Crippen molar-refractivity contribution in [2.45, 2.75) is 58.2 Å². The van der Waals surface area contributed by atoms with E-state index in [0.717, 1.165) is 45.8 Å². The summed E-state index contributed by atoms with van der Waals surface area (Å²) in [5, 5.41) is 7.83. The van der Waals surface area contributed by atoms with Crippen LogP contribution in [-0.2, 0) is 21.6 Å². The highest BCUT2D eigenvalue weighted by molar-refractivity contribution is 5.04. The topological polar surface area (TPSA) is 48.3 Å². The van der Waals surface area contributed by atoms with Gasteiger partial charge < -0.3 is 14.8 Å². The monoisotopic (exact) mass is 295 g/mol. The molecule has 1 aliphatic rings. The van der Waals surface area contributed by atoms with E-state index >= 15 is 0 Å². The van der Waals surface area contributed by atoms with Crippen LogP contribution in [0, 0.1) is 0 Å². The Morgan fingerprint density at radius 2 is 2.33 bits per heavy atom. The van der Waals surface area contributed by atoms with E-state index in [1.165, 1.54) is 12.0 Å². The van der Waals surface area contributed by atoms with Crippen LogP contribution in [-0.4, -0.2) is 42.2 Å². The van der Waals surface area contributed by atoms with Gasteiger partial charge in [-0.3, -0.25) is 4.68 Å². The number of nitrogens with one attached hydrogen (secondary N) is 1. The molecule has 0 spiro atoms. The molecule has 0 aromatic carbocycles. The van der Waals surface area contributed by atoms with Gasteiger partial charge in [-0.05, 0) is 46.6 Å². The minimum atomic E-state index is 0.0500. The van der Waals surface area contributed by atoms with E-state index < -0.39 is 0 Å². The van der Waals surface area contributed by atoms with E-state index in [0.29, 0.717) is 6.10 Å². The van der Waals surface area contributed by atoms with E-state index in [2.05, 4.69) is 37.4 Å². The molecule has 1 atom stereocenters.